The van der Waals surface area contributed by atoms with Crippen LogP contribution in [-0.4, -0.2) is 0 Å². The second-order valence-corrected chi connectivity index (χ2v) is 14.5. The first kappa shape index (κ1) is 17.1. The van der Waals surface area contributed by atoms with E-state index in [0.717, 1.165) is 42.5 Å². The van der Waals surface area contributed by atoms with Gasteiger partial charge in [0, 0.05) is 16.9 Å². The van der Waals surface area contributed by atoms with Crippen LogP contribution in [-0.2, 0) is 5.41 Å². The summed E-state index contributed by atoms with van der Waals surface area (Å²) in [5.41, 5.74) is -13.6. The van der Waals surface area contributed by atoms with Gasteiger partial charge in [0.1, 0.15) is 0 Å². The molecular formula is C65H45N. The average molecular weight is 875 g/mol. The molecule has 12 rings (SSSR count). The monoisotopic (exact) mass is 875 g/mol. The van der Waals surface area contributed by atoms with Crippen LogP contribution in [0, 0.1) is 0 Å². The molecule has 310 valence electrons. The summed E-state index contributed by atoms with van der Waals surface area (Å²) in [6.45, 7) is 0. The highest BCUT2D eigenvalue weighted by Gasteiger charge is 2.46. The fourth-order valence-corrected chi connectivity index (χ4v) is 8.24. The molecule has 0 saturated carbocycles. The number of benzene rings is 11. The van der Waals surface area contributed by atoms with E-state index in [1.54, 1.807) is 0 Å². The Morgan fingerprint density at radius 2 is 1.00 bits per heavy atom. The third-order valence-corrected chi connectivity index (χ3v) is 11.0. The number of hydrogen-bond acceptors (Lipinski definition) is 1. The van der Waals surface area contributed by atoms with Crippen molar-refractivity contribution in [1.29, 1.82) is 0 Å². The van der Waals surface area contributed by atoms with Crippen LogP contribution in [0.4, 0.5) is 17.1 Å². The van der Waals surface area contributed by atoms with E-state index < -0.39 is 306 Å². The van der Waals surface area contributed by atoms with Gasteiger partial charge in [-0.05, 0) is 113 Å². The average Bonchev–Trinajstić information content (AvgIpc) is 1.52. The van der Waals surface area contributed by atoms with E-state index >= 15 is 0 Å². The Labute approximate surface area is 436 Å². The van der Waals surface area contributed by atoms with Crippen LogP contribution in [0.25, 0.3) is 66.4 Å². The van der Waals surface area contributed by atoms with E-state index in [-0.39, 0.29) is 16.7 Å². The highest BCUT2D eigenvalue weighted by atomic mass is 15.1. The van der Waals surface area contributed by atoms with Gasteiger partial charge in [0.25, 0.3) is 0 Å². The molecule has 0 heterocycles. The Balaban J connectivity index is 1.29. The van der Waals surface area contributed by atoms with Crippen LogP contribution in [0.15, 0.2) is 272 Å². The van der Waals surface area contributed by atoms with Gasteiger partial charge in [0.05, 0.1) is 59.1 Å². The summed E-state index contributed by atoms with van der Waals surface area (Å²) in [4.78, 5) is 0.537. The first-order valence-corrected chi connectivity index (χ1v) is 20.0. The van der Waals surface area contributed by atoms with Crippen molar-refractivity contribution in [2.24, 2.45) is 0 Å². The number of hydrogen-bond donors (Lipinski definition) is 0. The quantitative estimate of drug-likeness (QED) is 0.140. The number of fused-ring (bicyclic) bond motifs is 4. The molecule has 1 heteroatoms. The van der Waals surface area contributed by atoms with Gasteiger partial charge in [0.15, 0.2) is 0 Å². The molecule has 0 fully saturated rings. The van der Waals surface area contributed by atoms with Gasteiger partial charge in [-0.1, -0.05) is 242 Å². The first-order chi connectivity index (χ1) is 47.2. The largest absolute Gasteiger partial charge is 0.310 e. The molecule has 0 radical (unpaired) electrons. The molecule has 1 aliphatic rings. The minimum atomic E-state index is -2.70. The molecule has 1 unspecified atom stereocenters. The normalized spacial score (nSPS) is 21.2. The topological polar surface area (TPSA) is 3.24 Å². The highest BCUT2D eigenvalue weighted by Crippen LogP contribution is 2.57. The SMILES string of the molecule is [2H]c1ccc(C2(c3ccc([2H])c([2H])c3[2H])c3c([2H])c([2H])c([2H])c([2H])c3-c3c([2H])c([2H])c(N(c4cc([2H])c(-c5c([2H])c([2H])c6c([2H])c([2H])c([2H])c([2H])c6c5-c5ccc(-c6c([2H])c([2H])c([2H])c([2H])c6[2H])c([2H])c5)c([2H])c4[2H])c4c([2H])c([2H])c([2H])c([2H])c4-c4cc([2H])c([2H])c([2H])c4[2H])c([2H])c32)cc1[2H]. The number of anilines is 3. The molecule has 0 aromatic heterocycles. The van der Waals surface area contributed by atoms with Crippen molar-refractivity contribution in [3.05, 3.63) is 294 Å². The van der Waals surface area contributed by atoms with Crippen LogP contribution in [0.5, 0.6) is 0 Å². The van der Waals surface area contributed by atoms with Gasteiger partial charge in [-0.2, -0.15) is 0 Å². The number of para-hydroxylation sites is 1. The van der Waals surface area contributed by atoms with E-state index in [1.807, 2.05) is 0 Å². The zero-order valence-electron chi connectivity index (χ0n) is 68.7. The Kier molecular flexibility index (Phi) is 4.29. The third kappa shape index (κ3) is 6.56. The molecule has 1 nitrogen and oxygen atoms in total. The Bertz CT molecular complexity index is 5600. The van der Waals surface area contributed by atoms with Gasteiger partial charge in [-0.3, -0.25) is 0 Å². The molecule has 0 aliphatic heterocycles. The van der Waals surface area contributed by atoms with Gasteiger partial charge >= 0.3 is 0 Å². The highest BCUT2D eigenvalue weighted by molar-refractivity contribution is 6.04. The van der Waals surface area contributed by atoms with Crippen LogP contribution in [0.1, 0.15) is 70.2 Å². The van der Waals surface area contributed by atoms with Crippen molar-refractivity contribution in [3.8, 4) is 55.6 Å². The molecule has 11 aromatic rings. The molecule has 0 saturated heterocycles. The lowest BCUT2D eigenvalue weighted by molar-refractivity contribution is 0.768. The zero-order chi connectivity index (χ0) is 74.3. The van der Waals surface area contributed by atoms with E-state index in [9.17, 15) is 23.3 Å². The molecule has 0 bridgehead atoms. The molecule has 1 atom stereocenters. The van der Waals surface area contributed by atoms with Crippen molar-refractivity contribution in [1.82, 2.24) is 0 Å². The predicted octanol–water partition coefficient (Wildman–Crippen LogP) is 17.3. The van der Waals surface area contributed by atoms with Crippen molar-refractivity contribution < 1.29 is 48.0 Å². The fourth-order valence-electron chi connectivity index (χ4n) is 8.24. The second-order valence-electron chi connectivity index (χ2n) is 14.5. The van der Waals surface area contributed by atoms with Crippen molar-refractivity contribution in [3.63, 3.8) is 0 Å². The van der Waals surface area contributed by atoms with Crippen LogP contribution in [0.3, 0.4) is 0 Å². The summed E-state index contributed by atoms with van der Waals surface area (Å²) in [6.07, 6.45) is 0. The van der Waals surface area contributed by atoms with Crippen LogP contribution < -0.4 is 4.90 Å². The molecule has 66 heavy (non-hydrogen) atoms. The van der Waals surface area contributed by atoms with Crippen molar-refractivity contribution in [2.75, 3.05) is 4.90 Å². The smallest absolute Gasteiger partial charge is 0.0714 e. The fraction of sp³-hybridized carbons (Fsp3) is 0.0154. The maximum atomic E-state index is 10.9. The van der Waals surface area contributed by atoms with E-state index in [2.05, 4.69) is 0 Å². The van der Waals surface area contributed by atoms with E-state index in [1.165, 1.54) is 12.1 Å². The Hall–Kier alpha value is -8.52. The first-order valence-electron chi connectivity index (χ1n) is 37.5. The zero-order valence-corrected chi connectivity index (χ0v) is 33.7. The summed E-state index contributed by atoms with van der Waals surface area (Å²) >= 11 is 0. The Morgan fingerprint density at radius 3 is 1.89 bits per heavy atom. The summed E-state index contributed by atoms with van der Waals surface area (Å²) in [6, 6.07) is -21.2. The van der Waals surface area contributed by atoms with Gasteiger partial charge < -0.3 is 4.90 Å². The predicted molar refractivity (Wildman–Crippen MR) is 278 cm³/mol. The third-order valence-electron chi connectivity index (χ3n) is 11.0. The number of nitrogens with zero attached hydrogens (tertiary/aromatic N) is 1. The summed E-state index contributed by atoms with van der Waals surface area (Å²) in [5, 5.41) is -1.15. The second kappa shape index (κ2) is 16.6. The van der Waals surface area contributed by atoms with Gasteiger partial charge in [-0.25, -0.2) is 0 Å². The lowest BCUT2D eigenvalue weighted by atomic mass is 9.67. The minimum Gasteiger partial charge on any atom is -0.310 e. The van der Waals surface area contributed by atoms with Crippen molar-refractivity contribution >= 4 is 27.8 Å². The van der Waals surface area contributed by atoms with E-state index in [4.69, 9.17) is 24.7 Å². The van der Waals surface area contributed by atoms with Crippen molar-refractivity contribution in [2.45, 2.75) is 5.41 Å². The maximum Gasteiger partial charge on any atom is 0.0714 e. The lowest BCUT2D eigenvalue weighted by Gasteiger charge is -2.35. The van der Waals surface area contributed by atoms with Crippen LogP contribution >= 0.6 is 0 Å². The molecule has 0 N–H and O–H groups in total. The summed E-state index contributed by atoms with van der Waals surface area (Å²) in [7, 11) is 0. The van der Waals surface area contributed by atoms with Crippen LogP contribution in [0.2, 0.25) is 0 Å². The lowest BCUT2D eigenvalue weighted by Crippen LogP contribution is -2.28. The standard InChI is InChI=1S/C65H45N/c1-5-19-46(20-6-1)47-33-35-51(36-34-47)64-57-29-14-13-23-49(57)39-43-58(64)50-37-40-54(41-38-50)66(63-32-18-16-28-56(63)48-21-7-2-8-22-48)55-42-44-60-59-30-15-17-31-61(59)65(62(60)45-55,52-24-9-3-10-25-52)53-26-11-4-12-27-53/h1-45H/i1D,2D,3D,4D,5D,6D,7D,8D,9D,11D,13D,14D,15D,16D,17D,18D,19D,20D,21D,23D,24D,28D,29D,30D,31D,32D,33D,37D,38D,39D,40D,42D,43D,44D,45D. The van der Waals surface area contributed by atoms with Gasteiger partial charge in [0.2, 0.25) is 0 Å². The molecule has 0 spiro atoms. The Morgan fingerprint density at radius 1 is 0.333 bits per heavy atom. The molecule has 1 aliphatic carbocycles. The van der Waals surface area contributed by atoms with Gasteiger partial charge in [-0.15, -0.1) is 0 Å². The summed E-state index contributed by atoms with van der Waals surface area (Å²) in [5.74, 6) is 0. The molecule has 0 amide bonds. The molecular weight excluding hydrogens is 795 g/mol. The van der Waals surface area contributed by atoms with E-state index in [0.29, 0.717) is 11.0 Å². The number of rotatable bonds is 9. The maximum absolute atomic E-state index is 10.9. The minimum absolute atomic E-state index is 0.265. The summed E-state index contributed by atoms with van der Waals surface area (Å²) < 4.78 is 324. The molecule has 11 aromatic carbocycles.